The number of likely N-dealkylation sites (N-methyl/N-ethyl adjacent to an activating group) is 1. The van der Waals surface area contributed by atoms with Crippen LogP contribution in [0.3, 0.4) is 0 Å². The summed E-state index contributed by atoms with van der Waals surface area (Å²) in [5, 5.41) is 4.82. The van der Waals surface area contributed by atoms with Crippen LogP contribution < -0.4 is 10.2 Å². The largest absolute Gasteiger partial charge is 0.324 e. The average molecular weight is 514 g/mol. The number of hydrogen-bond acceptors (Lipinski definition) is 6. The molecule has 9 heteroatoms. The maximum atomic E-state index is 13.2. The van der Waals surface area contributed by atoms with E-state index < -0.39 is 0 Å². The lowest BCUT2D eigenvalue weighted by Crippen LogP contribution is -2.46. The highest BCUT2D eigenvalue weighted by molar-refractivity contribution is 7.99. The van der Waals surface area contributed by atoms with Crippen molar-refractivity contribution in [2.24, 2.45) is 0 Å². The minimum absolute atomic E-state index is 0.0105. The van der Waals surface area contributed by atoms with Crippen LogP contribution in [-0.2, 0) is 12.0 Å². The third-order valence-corrected chi connectivity index (χ3v) is 8.19. The van der Waals surface area contributed by atoms with Crippen molar-refractivity contribution in [2.45, 2.75) is 37.8 Å². The third kappa shape index (κ3) is 4.05. The van der Waals surface area contributed by atoms with Crippen LogP contribution in [0.2, 0.25) is 10.0 Å². The van der Waals surface area contributed by atoms with Gasteiger partial charge in [-0.15, -0.1) is 0 Å². The monoisotopic (exact) mass is 513 g/mol. The molecule has 176 valence electrons. The van der Waals surface area contributed by atoms with Crippen molar-refractivity contribution >= 4 is 58.2 Å². The van der Waals surface area contributed by atoms with E-state index in [9.17, 15) is 4.79 Å². The van der Waals surface area contributed by atoms with Crippen LogP contribution in [0.15, 0.2) is 47.6 Å². The minimum atomic E-state index is -0.216. The second-order valence-electron chi connectivity index (χ2n) is 8.87. The van der Waals surface area contributed by atoms with E-state index in [1.54, 1.807) is 29.3 Å². The number of carbonyl (C=O) groups excluding carboxylic acids is 1. The molecule has 0 saturated carbocycles. The summed E-state index contributed by atoms with van der Waals surface area (Å²) >= 11 is 14.1. The number of anilines is 3. The highest BCUT2D eigenvalue weighted by atomic mass is 35.5. The summed E-state index contributed by atoms with van der Waals surface area (Å²) in [5.41, 5.74) is 4.60. The van der Waals surface area contributed by atoms with E-state index in [1.165, 1.54) is 22.9 Å². The molecule has 3 heterocycles. The number of para-hydroxylation sites is 1. The van der Waals surface area contributed by atoms with Crippen molar-refractivity contribution in [1.82, 2.24) is 14.9 Å². The number of thioether (sulfide) groups is 1. The molecule has 2 aliphatic rings. The van der Waals surface area contributed by atoms with E-state index in [2.05, 4.69) is 59.2 Å². The van der Waals surface area contributed by atoms with Crippen LogP contribution in [0.1, 0.15) is 42.3 Å². The molecule has 5 rings (SSSR count). The number of carbonyl (C=O) groups is 1. The van der Waals surface area contributed by atoms with Gasteiger partial charge in [0.05, 0.1) is 27.2 Å². The zero-order chi connectivity index (χ0) is 24.0. The molecule has 0 atom stereocenters. The van der Waals surface area contributed by atoms with Crippen LogP contribution in [-0.4, -0.2) is 39.7 Å². The van der Waals surface area contributed by atoms with E-state index in [-0.39, 0.29) is 11.4 Å². The Kier molecular flexibility index (Phi) is 6.23. The van der Waals surface area contributed by atoms with Gasteiger partial charge in [0.2, 0.25) is 5.95 Å². The quantitative estimate of drug-likeness (QED) is 0.410. The molecular weight excluding hydrogens is 489 g/mol. The summed E-state index contributed by atoms with van der Waals surface area (Å²) in [4.78, 5) is 26.3. The third-order valence-electron chi connectivity index (χ3n) is 6.61. The number of amides is 1. The molecule has 0 saturated heterocycles. The molecule has 0 radical (unpaired) electrons. The van der Waals surface area contributed by atoms with E-state index >= 15 is 0 Å². The average Bonchev–Trinajstić information content (AvgIpc) is 2.80. The van der Waals surface area contributed by atoms with Crippen LogP contribution in [0.5, 0.6) is 0 Å². The molecule has 6 nitrogen and oxygen atoms in total. The predicted octanol–water partition coefficient (Wildman–Crippen LogP) is 6.35. The van der Waals surface area contributed by atoms with Gasteiger partial charge in [-0.2, -0.15) is 0 Å². The fraction of sp³-hybridized carbons (Fsp3) is 0.320. The Morgan fingerprint density at radius 2 is 1.94 bits per heavy atom. The SMILES string of the molecule is CCN1CCc2cc(Nc3ncc4c(n3)SCN(c3c(Cl)cccc3Cl)C4=O)ccc2C1(C)C. The van der Waals surface area contributed by atoms with Gasteiger partial charge in [0, 0.05) is 24.0 Å². The summed E-state index contributed by atoms with van der Waals surface area (Å²) in [6, 6.07) is 11.7. The molecule has 3 aromatic rings. The standard InChI is InChI=1S/C25H25Cl2N5OS/c1-4-31-11-10-15-12-16(8-9-18(15)25(31,2)3)29-24-28-13-17-22(30-24)34-14-32(23(17)33)21-19(26)6-5-7-20(21)27/h5-9,12-13H,4,10-11,14H2,1-3H3,(H,28,29,30). The minimum Gasteiger partial charge on any atom is -0.324 e. The maximum Gasteiger partial charge on any atom is 0.263 e. The number of benzene rings is 2. The zero-order valence-electron chi connectivity index (χ0n) is 19.2. The molecule has 2 aliphatic heterocycles. The van der Waals surface area contributed by atoms with E-state index in [0.717, 1.165) is 25.2 Å². The van der Waals surface area contributed by atoms with Crippen molar-refractivity contribution in [2.75, 3.05) is 29.2 Å². The highest BCUT2D eigenvalue weighted by Crippen LogP contribution is 2.40. The summed E-state index contributed by atoms with van der Waals surface area (Å²) in [7, 11) is 0. The van der Waals surface area contributed by atoms with Crippen LogP contribution in [0.4, 0.5) is 17.3 Å². The maximum absolute atomic E-state index is 13.2. The summed E-state index contributed by atoms with van der Waals surface area (Å²) in [5.74, 6) is 0.619. The Balaban J connectivity index is 1.38. The molecule has 0 spiro atoms. The van der Waals surface area contributed by atoms with E-state index in [4.69, 9.17) is 23.2 Å². The summed E-state index contributed by atoms with van der Waals surface area (Å²) < 4.78 is 0. The topological polar surface area (TPSA) is 61.4 Å². The van der Waals surface area contributed by atoms with Crippen LogP contribution in [0.25, 0.3) is 0 Å². The first-order valence-corrected chi connectivity index (χ1v) is 12.9. The van der Waals surface area contributed by atoms with Gasteiger partial charge in [-0.25, -0.2) is 9.97 Å². The van der Waals surface area contributed by atoms with Gasteiger partial charge in [-0.3, -0.25) is 14.6 Å². The number of fused-ring (bicyclic) bond motifs is 2. The fourth-order valence-corrected chi connectivity index (χ4v) is 6.33. The lowest BCUT2D eigenvalue weighted by atomic mass is 9.83. The van der Waals surface area contributed by atoms with Gasteiger partial charge in [0.25, 0.3) is 5.91 Å². The van der Waals surface area contributed by atoms with Gasteiger partial charge in [-0.1, -0.05) is 54.0 Å². The Labute approximate surface area is 213 Å². The lowest BCUT2D eigenvalue weighted by molar-refractivity contribution is 0.0985. The Bertz CT molecular complexity index is 1260. The van der Waals surface area contributed by atoms with Crippen LogP contribution >= 0.6 is 35.0 Å². The van der Waals surface area contributed by atoms with Crippen molar-refractivity contribution in [3.8, 4) is 0 Å². The van der Waals surface area contributed by atoms with Gasteiger partial charge in [-0.05, 0) is 62.2 Å². The number of nitrogens with zero attached hydrogens (tertiary/aromatic N) is 4. The first kappa shape index (κ1) is 23.4. The predicted molar refractivity (Wildman–Crippen MR) is 140 cm³/mol. The Morgan fingerprint density at radius 1 is 1.18 bits per heavy atom. The Morgan fingerprint density at radius 3 is 2.68 bits per heavy atom. The molecule has 2 aromatic carbocycles. The first-order chi connectivity index (χ1) is 16.3. The Hall–Kier alpha value is -2.32. The molecule has 1 N–H and O–H groups in total. The number of hydrogen-bond donors (Lipinski definition) is 1. The second-order valence-corrected chi connectivity index (χ2v) is 10.6. The summed E-state index contributed by atoms with van der Waals surface area (Å²) in [6.45, 7) is 8.84. The van der Waals surface area contributed by atoms with Crippen LogP contribution in [0, 0.1) is 0 Å². The zero-order valence-corrected chi connectivity index (χ0v) is 21.6. The van der Waals surface area contributed by atoms with Gasteiger partial charge in [0.1, 0.15) is 5.03 Å². The van der Waals surface area contributed by atoms with E-state index in [1.807, 2.05) is 0 Å². The first-order valence-electron chi connectivity index (χ1n) is 11.2. The van der Waals surface area contributed by atoms with Gasteiger partial charge < -0.3 is 5.32 Å². The number of rotatable bonds is 4. The summed E-state index contributed by atoms with van der Waals surface area (Å²) in [6.07, 6.45) is 2.58. The second kappa shape index (κ2) is 9.04. The molecule has 34 heavy (non-hydrogen) atoms. The van der Waals surface area contributed by atoms with Crippen molar-refractivity contribution < 1.29 is 4.79 Å². The van der Waals surface area contributed by atoms with Crippen molar-refractivity contribution in [3.63, 3.8) is 0 Å². The van der Waals surface area contributed by atoms with E-state index in [0.29, 0.717) is 38.1 Å². The molecule has 1 aromatic heterocycles. The van der Waals surface area contributed by atoms with Gasteiger partial charge in [0.15, 0.2) is 0 Å². The van der Waals surface area contributed by atoms with Crippen molar-refractivity contribution in [1.29, 1.82) is 0 Å². The molecule has 1 amide bonds. The normalized spacial score (nSPS) is 17.3. The molecule has 0 aliphatic carbocycles. The molecule has 0 unspecified atom stereocenters. The smallest absolute Gasteiger partial charge is 0.263 e. The van der Waals surface area contributed by atoms with Gasteiger partial charge >= 0.3 is 0 Å². The lowest BCUT2D eigenvalue weighted by Gasteiger charge is -2.43. The number of halogens is 2. The molecule has 0 bridgehead atoms. The molecule has 0 fully saturated rings. The fourth-order valence-electron chi connectivity index (χ4n) is 4.79. The number of aromatic nitrogens is 2. The number of nitrogens with one attached hydrogen (secondary N) is 1. The van der Waals surface area contributed by atoms with Crippen molar-refractivity contribution in [3.05, 3.63) is 69.3 Å². The highest BCUT2D eigenvalue weighted by Gasteiger charge is 2.34. The molecular formula is C25H25Cl2N5OS.